The van der Waals surface area contributed by atoms with Gasteiger partial charge >= 0.3 is 0 Å². The molecule has 0 radical (unpaired) electrons. The Bertz CT molecular complexity index is 802. The molecule has 0 unspecified atom stereocenters. The van der Waals surface area contributed by atoms with Crippen molar-refractivity contribution in [2.75, 3.05) is 39.3 Å². The summed E-state index contributed by atoms with van der Waals surface area (Å²) in [4.78, 5) is 40.1. The van der Waals surface area contributed by atoms with Gasteiger partial charge in [0.2, 0.25) is 5.91 Å². The van der Waals surface area contributed by atoms with Gasteiger partial charge in [-0.2, -0.15) is 0 Å². The Hall–Kier alpha value is -2.80. The predicted molar refractivity (Wildman–Crippen MR) is 111 cm³/mol. The summed E-state index contributed by atoms with van der Waals surface area (Å²) in [5.41, 5.74) is 2.08. The number of hydrogen-bond donors (Lipinski definition) is 0. The second-order valence-electron chi connectivity index (χ2n) is 7.32. The minimum Gasteiger partial charge on any atom is -0.340 e. The highest BCUT2D eigenvalue weighted by Crippen LogP contribution is 2.11. The predicted octanol–water partition coefficient (Wildman–Crippen LogP) is 1.98. The van der Waals surface area contributed by atoms with Crippen LogP contribution in [-0.4, -0.2) is 75.8 Å². The first-order valence-electron chi connectivity index (χ1n) is 10.2. The number of hydrogen-bond acceptors (Lipinski definition) is 5. The van der Waals surface area contributed by atoms with E-state index in [4.69, 9.17) is 0 Å². The van der Waals surface area contributed by atoms with Gasteiger partial charge in [-0.1, -0.05) is 37.3 Å². The van der Waals surface area contributed by atoms with Gasteiger partial charge in [0, 0.05) is 51.9 Å². The molecule has 2 aromatic rings. The number of benzene rings is 1. The summed E-state index contributed by atoms with van der Waals surface area (Å²) in [7, 11) is 0. The van der Waals surface area contributed by atoms with Crippen molar-refractivity contribution in [1.29, 1.82) is 0 Å². The molecule has 2 amide bonds. The van der Waals surface area contributed by atoms with Crippen molar-refractivity contribution >= 4 is 11.8 Å². The molecule has 0 saturated carbocycles. The first kappa shape index (κ1) is 20.9. The van der Waals surface area contributed by atoms with E-state index in [2.05, 4.69) is 21.8 Å². The standard InChI is InChI=1S/C22H29N5O2/c1-3-25-11-13-26(14-12-25)21(28)9-10-27(17-19-7-5-4-6-8-19)22(29)20-16-23-18(2)15-24-20/h4-8,15-16H,3,9-14,17H2,1-2H3. The molecule has 1 aromatic heterocycles. The number of amides is 2. The normalized spacial score (nSPS) is 14.6. The van der Waals surface area contributed by atoms with Gasteiger partial charge in [0.25, 0.3) is 5.91 Å². The Labute approximate surface area is 172 Å². The third kappa shape index (κ3) is 5.84. The molecule has 1 fully saturated rings. The second-order valence-corrected chi connectivity index (χ2v) is 7.32. The zero-order valence-corrected chi connectivity index (χ0v) is 17.3. The molecular weight excluding hydrogens is 366 g/mol. The maximum absolute atomic E-state index is 13.0. The van der Waals surface area contributed by atoms with Crippen LogP contribution in [0, 0.1) is 6.92 Å². The Morgan fingerprint density at radius 1 is 1.03 bits per heavy atom. The van der Waals surface area contributed by atoms with Crippen molar-refractivity contribution in [1.82, 2.24) is 24.7 Å². The average molecular weight is 396 g/mol. The van der Waals surface area contributed by atoms with Crippen LogP contribution < -0.4 is 0 Å². The molecule has 0 aliphatic carbocycles. The molecule has 1 aliphatic rings. The lowest BCUT2D eigenvalue weighted by atomic mass is 10.2. The van der Waals surface area contributed by atoms with E-state index in [1.807, 2.05) is 42.2 Å². The average Bonchev–Trinajstić information content (AvgIpc) is 2.77. The van der Waals surface area contributed by atoms with Gasteiger partial charge < -0.3 is 14.7 Å². The van der Waals surface area contributed by atoms with Gasteiger partial charge in [-0.15, -0.1) is 0 Å². The number of piperazine rings is 1. The van der Waals surface area contributed by atoms with E-state index in [0.717, 1.165) is 44.0 Å². The fourth-order valence-corrected chi connectivity index (χ4v) is 3.42. The van der Waals surface area contributed by atoms with Crippen molar-refractivity contribution in [2.24, 2.45) is 0 Å². The topological polar surface area (TPSA) is 69.6 Å². The van der Waals surface area contributed by atoms with Gasteiger partial charge in [-0.3, -0.25) is 14.6 Å². The van der Waals surface area contributed by atoms with Gasteiger partial charge in [0.1, 0.15) is 5.69 Å². The molecule has 154 valence electrons. The maximum atomic E-state index is 13.0. The van der Waals surface area contributed by atoms with E-state index in [1.54, 1.807) is 11.1 Å². The number of carbonyl (C=O) groups excluding carboxylic acids is 2. The highest BCUT2D eigenvalue weighted by molar-refractivity contribution is 5.92. The molecule has 2 heterocycles. The lowest BCUT2D eigenvalue weighted by molar-refractivity contribution is -0.133. The van der Waals surface area contributed by atoms with Crippen LogP contribution in [0.15, 0.2) is 42.7 Å². The van der Waals surface area contributed by atoms with Crippen molar-refractivity contribution < 1.29 is 9.59 Å². The van der Waals surface area contributed by atoms with Crippen LogP contribution in [-0.2, 0) is 11.3 Å². The first-order valence-corrected chi connectivity index (χ1v) is 10.2. The monoisotopic (exact) mass is 395 g/mol. The highest BCUT2D eigenvalue weighted by atomic mass is 16.2. The fraction of sp³-hybridized carbons (Fsp3) is 0.455. The summed E-state index contributed by atoms with van der Waals surface area (Å²) >= 11 is 0. The van der Waals surface area contributed by atoms with Crippen LogP contribution in [0.1, 0.15) is 35.1 Å². The zero-order valence-electron chi connectivity index (χ0n) is 17.3. The molecule has 7 heteroatoms. The lowest BCUT2D eigenvalue weighted by Crippen LogP contribution is -2.49. The van der Waals surface area contributed by atoms with E-state index < -0.39 is 0 Å². The molecule has 0 bridgehead atoms. The number of nitrogens with zero attached hydrogens (tertiary/aromatic N) is 5. The zero-order chi connectivity index (χ0) is 20.6. The third-order valence-electron chi connectivity index (χ3n) is 5.27. The summed E-state index contributed by atoms with van der Waals surface area (Å²) in [6.07, 6.45) is 3.40. The van der Waals surface area contributed by atoms with Crippen molar-refractivity contribution in [3.63, 3.8) is 0 Å². The molecule has 0 spiro atoms. The summed E-state index contributed by atoms with van der Waals surface area (Å²) < 4.78 is 0. The second kappa shape index (κ2) is 10.1. The quantitative estimate of drug-likeness (QED) is 0.717. The molecule has 1 aromatic carbocycles. The van der Waals surface area contributed by atoms with Crippen molar-refractivity contribution in [3.8, 4) is 0 Å². The number of carbonyl (C=O) groups is 2. The molecule has 1 aliphatic heterocycles. The smallest absolute Gasteiger partial charge is 0.274 e. The van der Waals surface area contributed by atoms with Gasteiger partial charge in [-0.05, 0) is 19.0 Å². The van der Waals surface area contributed by atoms with E-state index in [9.17, 15) is 9.59 Å². The number of rotatable bonds is 7. The largest absolute Gasteiger partial charge is 0.340 e. The van der Waals surface area contributed by atoms with E-state index in [1.165, 1.54) is 6.20 Å². The molecule has 0 atom stereocenters. The molecule has 7 nitrogen and oxygen atoms in total. The van der Waals surface area contributed by atoms with Crippen LogP contribution in [0.25, 0.3) is 0 Å². The minimum absolute atomic E-state index is 0.0987. The van der Waals surface area contributed by atoms with Crippen LogP contribution in [0.2, 0.25) is 0 Å². The fourth-order valence-electron chi connectivity index (χ4n) is 3.42. The highest BCUT2D eigenvalue weighted by Gasteiger charge is 2.23. The van der Waals surface area contributed by atoms with Gasteiger partial charge in [0.15, 0.2) is 0 Å². The summed E-state index contributed by atoms with van der Waals surface area (Å²) in [6.45, 7) is 9.10. The SMILES string of the molecule is CCN1CCN(C(=O)CCN(Cc2ccccc2)C(=O)c2cnc(C)cn2)CC1. The number of likely N-dealkylation sites (N-methyl/N-ethyl adjacent to an activating group) is 1. The Kier molecular flexibility index (Phi) is 7.30. The van der Waals surface area contributed by atoms with Crippen LogP contribution >= 0.6 is 0 Å². The van der Waals surface area contributed by atoms with Crippen molar-refractivity contribution in [3.05, 3.63) is 59.7 Å². The summed E-state index contributed by atoms with van der Waals surface area (Å²) in [5.74, 6) is -0.105. The van der Waals surface area contributed by atoms with Crippen LogP contribution in [0.3, 0.4) is 0 Å². The van der Waals surface area contributed by atoms with Crippen molar-refractivity contribution in [2.45, 2.75) is 26.8 Å². The molecule has 0 N–H and O–H groups in total. The molecule has 1 saturated heterocycles. The summed E-state index contributed by atoms with van der Waals surface area (Å²) in [5, 5.41) is 0. The lowest BCUT2D eigenvalue weighted by Gasteiger charge is -2.34. The number of aromatic nitrogens is 2. The Balaban J connectivity index is 1.65. The van der Waals surface area contributed by atoms with Crippen LogP contribution in [0.5, 0.6) is 0 Å². The molecular formula is C22H29N5O2. The first-order chi connectivity index (χ1) is 14.1. The summed E-state index contributed by atoms with van der Waals surface area (Å²) in [6, 6.07) is 9.80. The Morgan fingerprint density at radius 3 is 2.38 bits per heavy atom. The minimum atomic E-state index is -0.204. The Morgan fingerprint density at radius 2 is 1.76 bits per heavy atom. The van der Waals surface area contributed by atoms with E-state index in [-0.39, 0.29) is 11.8 Å². The third-order valence-corrected chi connectivity index (χ3v) is 5.27. The van der Waals surface area contributed by atoms with Gasteiger partial charge in [-0.25, -0.2) is 4.98 Å². The van der Waals surface area contributed by atoms with E-state index in [0.29, 0.717) is 25.2 Å². The maximum Gasteiger partial charge on any atom is 0.274 e. The van der Waals surface area contributed by atoms with Crippen LogP contribution in [0.4, 0.5) is 0 Å². The number of aryl methyl sites for hydroxylation is 1. The van der Waals surface area contributed by atoms with E-state index >= 15 is 0 Å². The molecule has 3 rings (SSSR count). The molecule has 29 heavy (non-hydrogen) atoms. The van der Waals surface area contributed by atoms with Gasteiger partial charge in [0.05, 0.1) is 11.9 Å².